The van der Waals surface area contributed by atoms with Crippen LogP contribution in [-0.2, 0) is 17.6 Å². The quantitative estimate of drug-likeness (QED) is 0.299. The number of aryl methyl sites for hydroxylation is 3. The Morgan fingerprint density at radius 2 is 2.22 bits per heavy atom. The van der Waals surface area contributed by atoms with Gasteiger partial charge in [0, 0.05) is 28.1 Å². The second-order valence-corrected chi connectivity index (χ2v) is 8.36. The largest absolute Gasteiger partial charge is 0.325 e. The maximum absolute atomic E-state index is 12.4. The number of thioether (sulfide) groups is 1. The Kier molecular flexibility index (Phi) is 4.79. The molecule has 1 N–H and O–H groups in total. The molecular weight excluding hydrogens is 384 g/mol. The van der Waals surface area contributed by atoms with Crippen LogP contribution in [0.2, 0.25) is 0 Å². The summed E-state index contributed by atoms with van der Waals surface area (Å²) in [5.74, 6) is 0.0447. The van der Waals surface area contributed by atoms with Crippen molar-refractivity contribution in [2.24, 2.45) is 0 Å². The van der Waals surface area contributed by atoms with Crippen molar-refractivity contribution in [3.63, 3.8) is 0 Å². The van der Waals surface area contributed by atoms with E-state index in [-0.39, 0.29) is 17.3 Å². The summed E-state index contributed by atoms with van der Waals surface area (Å²) in [6.07, 6.45) is 4.86. The minimum Gasteiger partial charge on any atom is -0.325 e. The van der Waals surface area contributed by atoms with Crippen LogP contribution >= 0.6 is 23.1 Å². The van der Waals surface area contributed by atoms with Crippen molar-refractivity contribution in [3.8, 4) is 0 Å². The Balaban J connectivity index is 1.47. The van der Waals surface area contributed by atoms with Gasteiger partial charge >= 0.3 is 0 Å². The highest BCUT2D eigenvalue weighted by Crippen LogP contribution is 2.40. The number of thiophene rings is 1. The van der Waals surface area contributed by atoms with Gasteiger partial charge in [0.25, 0.3) is 5.69 Å². The molecule has 2 heterocycles. The molecule has 4 rings (SSSR count). The summed E-state index contributed by atoms with van der Waals surface area (Å²) in [4.78, 5) is 33.9. The first kappa shape index (κ1) is 17.9. The molecule has 0 atom stereocenters. The van der Waals surface area contributed by atoms with Gasteiger partial charge in [-0.1, -0.05) is 11.8 Å². The number of nitro benzene ring substituents is 1. The average molecular weight is 400 g/mol. The summed E-state index contributed by atoms with van der Waals surface area (Å²) in [5.41, 5.74) is 2.58. The molecule has 27 heavy (non-hydrogen) atoms. The minimum atomic E-state index is -0.450. The smallest absolute Gasteiger partial charge is 0.269 e. The summed E-state index contributed by atoms with van der Waals surface area (Å²) in [7, 11) is 0. The Labute approximate surface area is 163 Å². The Bertz CT molecular complexity index is 1060. The first-order valence-electron chi connectivity index (χ1n) is 8.46. The van der Waals surface area contributed by atoms with Crippen molar-refractivity contribution >= 4 is 50.6 Å². The summed E-state index contributed by atoms with van der Waals surface area (Å²) in [6, 6.07) is 4.40. The van der Waals surface area contributed by atoms with Gasteiger partial charge in [-0.05, 0) is 43.4 Å². The number of aromatic nitrogens is 2. The van der Waals surface area contributed by atoms with Gasteiger partial charge in [0.15, 0.2) is 0 Å². The Morgan fingerprint density at radius 3 is 3.00 bits per heavy atom. The van der Waals surface area contributed by atoms with Gasteiger partial charge in [0.1, 0.15) is 16.2 Å². The molecule has 1 aliphatic carbocycles. The maximum atomic E-state index is 12.4. The Morgan fingerprint density at radius 1 is 1.37 bits per heavy atom. The van der Waals surface area contributed by atoms with E-state index in [1.54, 1.807) is 30.7 Å². The second kappa shape index (κ2) is 7.24. The fourth-order valence-electron chi connectivity index (χ4n) is 3.23. The number of amides is 1. The van der Waals surface area contributed by atoms with Crippen LogP contribution in [-0.4, -0.2) is 26.6 Å². The zero-order chi connectivity index (χ0) is 19.0. The highest BCUT2D eigenvalue weighted by Gasteiger charge is 2.21. The highest BCUT2D eigenvalue weighted by molar-refractivity contribution is 8.00. The first-order valence-corrected chi connectivity index (χ1v) is 10.3. The average Bonchev–Trinajstić information content (AvgIpc) is 3.22. The van der Waals surface area contributed by atoms with Gasteiger partial charge in [-0.15, -0.1) is 11.3 Å². The van der Waals surface area contributed by atoms with Crippen LogP contribution in [0.15, 0.2) is 29.6 Å². The van der Waals surface area contributed by atoms with Crippen molar-refractivity contribution in [1.29, 1.82) is 0 Å². The molecule has 1 aliphatic rings. The Hall–Kier alpha value is -2.52. The number of benzene rings is 1. The van der Waals surface area contributed by atoms with Crippen molar-refractivity contribution in [2.75, 3.05) is 11.1 Å². The zero-order valence-corrected chi connectivity index (χ0v) is 16.2. The molecule has 0 saturated heterocycles. The van der Waals surface area contributed by atoms with E-state index in [1.807, 2.05) is 0 Å². The lowest BCUT2D eigenvalue weighted by Crippen LogP contribution is -2.15. The molecule has 0 saturated carbocycles. The number of hydrogen-bond donors (Lipinski definition) is 1. The zero-order valence-electron chi connectivity index (χ0n) is 14.5. The SMILES string of the molecule is Cc1cc([N+](=O)[O-])ccc1NC(=O)CSc1ncnc2sc3c(c12)CCC3. The van der Waals surface area contributed by atoms with E-state index in [2.05, 4.69) is 15.3 Å². The molecular formula is C18H16N4O3S2. The lowest BCUT2D eigenvalue weighted by molar-refractivity contribution is -0.384. The molecule has 1 aromatic carbocycles. The van der Waals surface area contributed by atoms with Crippen molar-refractivity contribution in [2.45, 2.75) is 31.2 Å². The van der Waals surface area contributed by atoms with E-state index in [4.69, 9.17) is 0 Å². The van der Waals surface area contributed by atoms with Crippen LogP contribution in [0.4, 0.5) is 11.4 Å². The summed E-state index contributed by atoms with van der Waals surface area (Å²) < 4.78 is 0. The fourth-order valence-corrected chi connectivity index (χ4v) is 5.35. The van der Waals surface area contributed by atoms with E-state index in [0.29, 0.717) is 11.3 Å². The number of hydrogen-bond acceptors (Lipinski definition) is 7. The molecule has 0 fully saturated rings. The number of fused-ring (bicyclic) bond motifs is 3. The molecule has 0 spiro atoms. The third-order valence-corrected chi connectivity index (χ3v) is 6.69. The summed E-state index contributed by atoms with van der Waals surface area (Å²) in [6.45, 7) is 1.73. The normalized spacial score (nSPS) is 12.9. The summed E-state index contributed by atoms with van der Waals surface area (Å²) in [5, 5.41) is 15.6. The van der Waals surface area contributed by atoms with Gasteiger partial charge < -0.3 is 5.32 Å². The minimum absolute atomic E-state index is 0.00886. The van der Waals surface area contributed by atoms with E-state index in [0.717, 1.165) is 34.5 Å². The standard InChI is InChI=1S/C18H16N4O3S2/c1-10-7-11(22(24)25)5-6-13(10)21-15(23)8-26-17-16-12-3-2-4-14(12)27-18(16)20-9-19-17/h5-7,9H,2-4,8H2,1H3,(H,21,23). The maximum Gasteiger partial charge on any atom is 0.269 e. The molecule has 0 bridgehead atoms. The third-order valence-electron chi connectivity index (χ3n) is 4.50. The van der Waals surface area contributed by atoms with E-state index in [9.17, 15) is 14.9 Å². The number of carbonyl (C=O) groups excluding carboxylic acids is 1. The third kappa shape index (κ3) is 3.52. The van der Waals surface area contributed by atoms with Gasteiger partial charge in [0.2, 0.25) is 5.91 Å². The molecule has 0 unspecified atom stereocenters. The number of non-ortho nitro benzene ring substituents is 1. The molecule has 3 aromatic rings. The van der Waals surface area contributed by atoms with Crippen LogP contribution in [0, 0.1) is 17.0 Å². The summed E-state index contributed by atoms with van der Waals surface area (Å²) >= 11 is 3.12. The number of nitrogens with zero attached hydrogens (tertiary/aromatic N) is 3. The van der Waals surface area contributed by atoms with Crippen LogP contribution in [0.3, 0.4) is 0 Å². The van der Waals surface area contributed by atoms with Crippen LogP contribution in [0.5, 0.6) is 0 Å². The molecule has 0 aliphatic heterocycles. The predicted molar refractivity (Wildman–Crippen MR) is 107 cm³/mol. The first-order chi connectivity index (χ1) is 13.0. The molecule has 9 heteroatoms. The lowest BCUT2D eigenvalue weighted by atomic mass is 10.2. The van der Waals surface area contributed by atoms with E-state index >= 15 is 0 Å². The number of nitrogens with one attached hydrogen (secondary N) is 1. The topological polar surface area (TPSA) is 98.0 Å². The van der Waals surface area contributed by atoms with Crippen molar-refractivity contribution in [1.82, 2.24) is 9.97 Å². The molecule has 0 radical (unpaired) electrons. The second-order valence-electron chi connectivity index (χ2n) is 6.31. The van der Waals surface area contributed by atoms with Gasteiger partial charge in [-0.3, -0.25) is 14.9 Å². The van der Waals surface area contributed by atoms with E-state index in [1.165, 1.54) is 34.3 Å². The highest BCUT2D eigenvalue weighted by atomic mass is 32.2. The van der Waals surface area contributed by atoms with Crippen molar-refractivity contribution < 1.29 is 9.72 Å². The van der Waals surface area contributed by atoms with Crippen LogP contribution in [0.25, 0.3) is 10.2 Å². The number of carbonyl (C=O) groups is 1. The van der Waals surface area contributed by atoms with Crippen LogP contribution < -0.4 is 5.32 Å². The van der Waals surface area contributed by atoms with E-state index < -0.39 is 4.92 Å². The van der Waals surface area contributed by atoms with Gasteiger partial charge in [-0.25, -0.2) is 9.97 Å². The predicted octanol–water partition coefficient (Wildman–Crippen LogP) is 4.13. The monoisotopic (exact) mass is 400 g/mol. The fraction of sp³-hybridized carbons (Fsp3) is 0.278. The number of nitro groups is 1. The van der Waals surface area contributed by atoms with Crippen LogP contribution in [0.1, 0.15) is 22.4 Å². The molecule has 138 valence electrons. The molecule has 2 aromatic heterocycles. The van der Waals surface area contributed by atoms with Gasteiger partial charge in [-0.2, -0.15) is 0 Å². The number of anilines is 1. The number of rotatable bonds is 5. The lowest BCUT2D eigenvalue weighted by Gasteiger charge is -2.08. The van der Waals surface area contributed by atoms with Gasteiger partial charge in [0.05, 0.1) is 10.7 Å². The molecule has 7 nitrogen and oxygen atoms in total. The van der Waals surface area contributed by atoms with Crippen molar-refractivity contribution in [3.05, 3.63) is 50.6 Å². The molecule has 1 amide bonds.